The molecule has 0 N–H and O–H groups in total. The molecule has 0 saturated carbocycles. The van der Waals surface area contributed by atoms with Crippen molar-refractivity contribution in [2.45, 2.75) is 13.1 Å². The minimum absolute atomic E-state index is 0.137. The summed E-state index contributed by atoms with van der Waals surface area (Å²) in [4.78, 5) is 17.2. The molecule has 2 nitrogen and oxygen atoms in total. The molecule has 0 atom stereocenters. The quantitative estimate of drug-likeness (QED) is 0.471. The molecule has 0 aliphatic heterocycles. The number of nitrogens with zero attached hydrogens (tertiary/aromatic N) is 1. The van der Waals surface area contributed by atoms with Crippen LogP contribution in [0.5, 0.6) is 0 Å². The molecule has 24 heavy (non-hydrogen) atoms. The largest absolute Gasteiger partial charge is 0.416 e. The zero-order chi connectivity index (χ0) is 17.9. The third kappa shape index (κ3) is 4.43. The fourth-order valence-corrected chi connectivity index (χ4v) is 4.02. The van der Waals surface area contributed by atoms with E-state index in [2.05, 4.69) is 4.98 Å². The lowest BCUT2D eigenvalue weighted by molar-refractivity contribution is -0.137. The van der Waals surface area contributed by atoms with Crippen LogP contribution in [-0.2, 0) is 6.18 Å². The van der Waals surface area contributed by atoms with Crippen LogP contribution in [0.4, 0.5) is 13.2 Å². The molecular formula is C16H14F3NOS3. The first kappa shape index (κ1) is 19.1. The van der Waals surface area contributed by atoms with Crippen LogP contribution in [0, 0.1) is 6.92 Å². The smallest absolute Gasteiger partial charge is 0.288 e. The Morgan fingerprint density at radius 1 is 1.17 bits per heavy atom. The van der Waals surface area contributed by atoms with E-state index in [0.29, 0.717) is 21.1 Å². The van der Waals surface area contributed by atoms with E-state index in [1.165, 1.54) is 47.0 Å². The van der Waals surface area contributed by atoms with Crippen LogP contribution in [0.3, 0.4) is 0 Å². The van der Waals surface area contributed by atoms with E-state index in [1.54, 1.807) is 13.0 Å². The van der Waals surface area contributed by atoms with Crippen LogP contribution in [0.25, 0.3) is 10.6 Å². The highest BCUT2D eigenvalue weighted by atomic mass is 32.2. The van der Waals surface area contributed by atoms with Gasteiger partial charge in [0.1, 0.15) is 5.01 Å². The van der Waals surface area contributed by atoms with Gasteiger partial charge in [0.2, 0.25) is 0 Å². The molecule has 0 aliphatic carbocycles. The highest BCUT2D eigenvalue weighted by molar-refractivity contribution is 8.21. The fourth-order valence-electron chi connectivity index (χ4n) is 1.92. The van der Waals surface area contributed by atoms with Crippen molar-refractivity contribution >= 4 is 40.6 Å². The first-order chi connectivity index (χ1) is 11.3. The summed E-state index contributed by atoms with van der Waals surface area (Å²) in [7, 11) is 0. The monoisotopic (exact) mass is 389 g/mol. The van der Waals surface area contributed by atoms with Gasteiger partial charge in [0.25, 0.3) is 0 Å². The Morgan fingerprint density at radius 2 is 1.75 bits per heavy atom. The summed E-state index contributed by atoms with van der Waals surface area (Å²) in [6, 6.07) is 4.79. The maximum atomic E-state index is 12.6. The number of carbonyl (C=O) groups excluding carboxylic acids is 1. The van der Waals surface area contributed by atoms with Crippen LogP contribution in [0.1, 0.15) is 20.9 Å². The predicted molar refractivity (Wildman–Crippen MR) is 96.7 cm³/mol. The van der Waals surface area contributed by atoms with Gasteiger partial charge in [-0.25, -0.2) is 4.98 Å². The van der Waals surface area contributed by atoms with Crippen molar-refractivity contribution in [1.82, 2.24) is 4.98 Å². The first-order valence-electron chi connectivity index (χ1n) is 6.75. The van der Waals surface area contributed by atoms with Gasteiger partial charge in [-0.3, -0.25) is 4.79 Å². The molecule has 2 aromatic rings. The van der Waals surface area contributed by atoms with Crippen molar-refractivity contribution < 1.29 is 18.0 Å². The topological polar surface area (TPSA) is 30.0 Å². The summed E-state index contributed by atoms with van der Waals surface area (Å²) < 4.78 is 38.7. The molecule has 128 valence electrons. The number of alkyl halides is 3. The number of hydrogen-bond donors (Lipinski definition) is 0. The molecule has 8 heteroatoms. The Hall–Kier alpha value is -1.25. The van der Waals surface area contributed by atoms with Crippen LogP contribution in [0.2, 0.25) is 0 Å². The van der Waals surface area contributed by atoms with E-state index in [9.17, 15) is 18.0 Å². The summed E-state index contributed by atoms with van der Waals surface area (Å²) in [5.74, 6) is -0.137. The van der Waals surface area contributed by atoms with Gasteiger partial charge in [0.05, 0.1) is 16.1 Å². The zero-order valence-electron chi connectivity index (χ0n) is 13.1. The number of hydrogen-bond acceptors (Lipinski definition) is 5. The SMILES string of the molecule is CSC(=CC(=O)c1sc(-c2ccc(C(F)(F)F)cc2)nc1C)SC. The Labute approximate surface area is 150 Å². The highest BCUT2D eigenvalue weighted by Gasteiger charge is 2.30. The third-order valence-corrected chi connectivity index (χ3v) is 6.39. The van der Waals surface area contributed by atoms with Gasteiger partial charge in [-0.1, -0.05) is 12.1 Å². The maximum absolute atomic E-state index is 12.6. The summed E-state index contributed by atoms with van der Waals surface area (Å²) in [6.07, 6.45) is 0.979. The van der Waals surface area contributed by atoms with E-state index in [0.717, 1.165) is 16.4 Å². The van der Waals surface area contributed by atoms with Gasteiger partial charge < -0.3 is 0 Å². The third-order valence-electron chi connectivity index (χ3n) is 3.13. The average Bonchev–Trinajstić information content (AvgIpc) is 2.93. The van der Waals surface area contributed by atoms with Crippen molar-refractivity contribution in [3.63, 3.8) is 0 Å². The van der Waals surface area contributed by atoms with Gasteiger partial charge in [-0.05, 0) is 31.6 Å². The van der Waals surface area contributed by atoms with Crippen LogP contribution in [0.15, 0.2) is 34.6 Å². The number of carbonyl (C=O) groups is 1. The van der Waals surface area contributed by atoms with Crippen LogP contribution in [-0.4, -0.2) is 23.3 Å². The molecule has 1 aromatic heterocycles. The van der Waals surface area contributed by atoms with Crippen LogP contribution < -0.4 is 0 Å². The van der Waals surface area contributed by atoms with E-state index in [-0.39, 0.29) is 5.78 Å². The van der Waals surface area contributed by atoms with E-state index in [4.69, 9.17) is 0 Å². The second-order valence-corrected chi connectivity index (χ2v) is 7.70. The molecule has 0 fully saturated rings. The highest BCUT2D eigenvalue weighted by Crippen LogP contribution is 2.33. The maximum Gasteiger partial charge on any atom is 0.416 e. The molecule has 0 bridgehead atoms. The van der Waals surface area contributed by atoms with E-state index in [1.807, 2.05) is 12.5 Å². The molecule has 0 radical (unpaired) electrons. The molecule has 1 aromatic carbocycles. The Kier molecular flexibility index (Phi) is 6.17. The normalized spacial score (nSPS) is 11.4. The van der Waals surface area contributed by atoms with Gasteiger partial charge >= 0.3 is 6.18 Å². The first-order valence-corrected chi connectivity index (χ1v) is 10.0. The Balaban J connectivity index is 2.32. The Bertz CT molecular complexity index is 758. The molecule has 0 saturated heterocycles. The molecule has 0 aliphatic rings. The van der Waals surface area contributed by atoms with E-state index < -0.39 is 11.7 Å². The number of halogens is 3. The zero-order valence-corrected chi connectivity index (χ0v) is 15.6. The van der Waals surface area contributed by atoms with Crippen molar-refractivity contribution in [2.24, 2.45) is 0 Å². The molecular weight excluding hydrogens is 375 g/mol. The molecule has 0 amide bonds. The summed E-state index contributed by atoms with van der Waals surface area (Å²) in [6.45, 7) is 1.73. The summed E-state index contributed by atoms with van der Waals surface area (Å²) >= 11 is 4.17. The molecule has 1 heterocycles. The standard InChI is InChI=1S/C16H14F3NOS3/c1-9-14(12(21)8-13(22-2)23-3)24-15(20-9)10-4-6-11(7-5-10)16(17,18)19/h4-8H,1-3H3. The fraction of sp³-hybridized carbons (Fsp3) is 0.250. The predicted octanol–water partition coefficient (Wildman–Crippen LogP) is 5.89. The van der Waals surface area contributed by atoms with Gasteiger partial charge in [0.15, 0.2) is 5.78 Å². The van der Waals surface area contributed by atoms with E-state index >= 15 is 0 Å². The lowest BCUT2D eigenvalue weighted by Crippen LogP contribution is -2.03. The second kappa shape index (κ2) is 7.76. The summed E-state index contributed by atoms with van der Waals surface area (Å²) in [5.41, 5.74) is 0.440. The van der Waals surface area contributed by atoms with Crippen molar-refractivity contribution in [1.29, 1.82) is 0 Å². The molecule has 0 spiro atoms. The van der Waals surface area contributed by atoms with Crippen molar-refractivity contribution in [3.8, 4) is 10.6 Å². The Morgan fingerprint density at radius 3 is 2.25 bits per heavy atom. The second-order valence-electron chi connectivity index (χ2n) is 4.74. The van der Waals surface area contributed by atoms with Gasteiger partial charge in [-0.15, -0.1) is 34.9 Å². The number of aromatic nitrogens is 1. The molecule has 2 rings (SSSR count). The number of rotatable bonds is 5. The number of benzene rings is 1. The van der Waals surface area contributed by atoms with Crippen molar-refractivity contribution in [2.75, 3.05) is 12.5 Å². The number of ketones is 1. The number of aryl methyl sites for hydroxylation is 1. The lowest BCUT2D eigenvalue weighted by atomic mass is 10.1. The number of thiazole rings is 1. The number of thioether (sulfide) groups is 2. The van der Waals surface area contributed by atoms with Gasteiger partial charge in [-0.2, -0.15) is 13.2 Å². The van der Waals surface area contributed by atoms with Crippen molar-refractivity contribution in [3.05, 3.63) is 50.7 Å². The number of allylic oxidation sites excluding steroid dienone is 1. The minimum Gasteiger partial charge on any atom is -0.288 e. The minimum atomic E-state index is -4.37. The summed E-state index contributed by atoms with van der Waals surface area (Å²) in [5, 5.41) is 0.535. The van der Waals surface area contributed by atoms with Gasteiger partial charge in [0, 0.05) is 15.9 Å². The molecule has 0 unspecified atom stereocenters. The van der Waals surface area contributed by atoms with Crippen LogP contribution >= 0.6 is 34.9 Å². The lowest BCUT2D eigenvalue weighted by Gasteiger charge is -2.06. The average molecular weight is 389 g/mol.